The molecule has 46 heavy (non-hydrogen) atoms. The Balaban J connectivity index is 1.16. The van der Waals surface area contributed by atoms with E-state index < -0.39 is 0 Å². The lowest BCUT2D eigenvalue weighted by Gasteiger charge is -2.10. The number of fused-ring (bicyclic) bond motifs is 5. The summed E-state index contributed by atoms with van der Waals surface area (Å²) in [7, 11) is 0. The van der Waals surface area contributed by atoms with Gasteiger partial charge >= 0.3 is 0 Å². The number of para-hydroxylation sites is 3. The normalized spacial score (nSPS) is 11.5. The minimum absolute atomic E-state index is 0.703. The lowest BCUT2D eigenvalue weighted by atomic mass is 10.0. The molecule has 0 aliphatic carbocycles. The van der Waals surface area contributed by atoms with Crippen LogP contribution in [0.15, 0.2) is 164 Å². The molecule has 5 heteroatoms. The number of aromatic nitrogens is 5. The van der Waals surface area contributed by atoms with Crippen molar-refractivity contribution in [2.75, 3.05) is 0 Å². The highest BCUT2D eigenvalue weighted by Gasteiger charge is 2.18. The summed E-state index contributed by atoms with van der Waals surface area (Å²) in [5.74, 6) is 1.60. The van der Waals surface area contributed by atoms with E-state index in [1.54, 1.807) is 0 Å². The molecule has 0 atom stereocenters. The van der Waals surface area contributed by atoms with Gasteiger partial charge in [-0.25, -0.2) is 15.0 Å². The maximum Gasteiger partial charge on any atom is 0.220 e. The molecule has 0 radical (unpaired) electrons. The lowest BCUT2D eigenvalue weighted by molar-refractivity contribution is 1.11. The van der Waals surface area contributed by atoms with E-state index in [-0.39, 0.29) is 0 Å². The largest absolute Gasteiger partial charge is 0.278 e. The van der Waals surface area contributed by atoms with Crippen molar-refractivity contribution < 1.29 is 0 Å². The smallest absolute Gasteiger partial charge is 0.220 e. The van der Waals surface area contributed by atoms with E-state index in [0.29, 0.717) is 5.82 Å². The van der Waals surface area contributed by atoms with Gasteiger partial charge in [0.1, 0.15) is 0 Å². The second kappa shape index (κ2) is 10.7. The Bertz CT molecular complexity index is 2440. The molecule has 0 N–H and O–H groups in total. The van der Waals surface area contributed by atoms with Gasteiger partial charge in [-0.05, 0) is 53.6 Å². The summed E-state index contributed by atoms with van der Waals surface area (Å²) in [6, 6.07) is 56.6. The SMILES string of the molecule is c1ccc(-c2cc(-c3ccccc3)nc(-c3ccc(-c4ccc5c(c4)n4c6ccccc6nc4n5-c4ccccc4)cc3)n2)cc1. The third-order valence-corrected chi connectivity index (χ3v) is 8.56. The third-order valence-electron chi connectivity index (χ3n) is 8.56. The monoisotopic (exact) mass is 589 g/mol. The topological polar surface area (TPSA) is 48.0 Å². The molecular formula is C41H27N5. The van der Waals surface area contributed by atoms with Crippen LogP contribution in [0.4, 0.5) is 0 Å². The molecule has 0 fully saturated rings. The van der Waals surface area contributed by atoms with Gasteiger partial charge in [0.15, 0.2) is 5.82 Å². The summed E-state index contributed by atoms with van der Waals surface area (Å²) in [6.07, 6.45) is 0. The Morgan fingerprint density at radius 2 is 0.935 bits per heavy atom. The van der Waals surface area contributed by atoms with Crippen LogP contribution < -0.4 is 0 Å². The Labute approximate surface area is 265 Å². The zero-order chi connectivity index (χ0) is 30.5. The predicted molar refractivity (Wildman–Crippen MR) is 187 cm³/mol. The molecule has 0 saturated carbocycles. The molecule has 0 saturated heterocycles. The Kier molecular flexibility index (Phi) is 6.06. The highest BCUT2D eigenvalue weighted by molar-refractivity contribution is 5.94. The van der Waals surface area contributed by atoms with Gasteiger partial charge < -0.3 is 0 Å². The standard InChI is InChI=1S/C41H27N5/c1-4-12-29(13-5-1)35-27-36(30-14-6-2-7-15-30)43-40(42-35)31-22-20-28(21-23-31)32-24-25-38-39(26-32)46-37-19-11-10-18-34(37)44-41(46)45(38)33-16-8-3-9-17-33/h1-27H. The second-order valence-corrected chi connectivity index (χ2v) is 11.4. The van der Waals surface area contributed by atoms with Crippen LogP contribution >= 0.6 is 0 Å². The van der Waals surface area contributed by atoms with E-state index >= 15 is 0 Å². The molecule has 3 heterocycles. The van der Waals surface area contributed by atoms with Crippen LogP contribution in [0.25, 0.3) is 78.6 Å². The summed E-state index contributed by atoms with van der Waals surface area (Å²) in [5, 5.41) is 0. The molecule has 6 aromatic carbocycles. The fourth-order valence-corrected chi connectivity index (χ4v) is 6.31. The fraction of sp³-hybridized carbons (Fsp3) is 0. The molecule has 216 valence electrons. The summed E-state index contributed by atoms with van der Waals surface area (Å²) in [6.45, 7) is 0. The predicted octanol–water partition coefficient (Wildman–Crippen LogP) is 9.89. The van der Waals surface area contributed by atoms with Gasteiger partial charge in [0, 0.05) is 22.4 Å². The minimum atomic E-state index is 0.703. The van der Waals surface area contributed by atoms with Crippen LogP contribution in [0, 0.1) is 0 Å². The van der Waals surface area contributed by atoms with Gasteiger partial charge in [0.2, 0.25) is 5.78 Å². The van der Waals surface area contributed by atoms with Crippen molar-refractivity contribution in [3.05, 3.63) is 164 Å². The number of hydrogen-bond donors (Lipinski definition) is 0. The first-order valence-electron chi connectivity index (χ1n) is 15.4. The van der Waals surface area contributed by atoms with Crippen molar-refractivity contribution in [2.45, 2.75) is 0 Å². The first kappa shape index (κ1) is 26.1. The first-order chi connectivity index (χ1) is 22.8. The van der Waals surface area contributed by atoms with Gasteiger partial charge in [0.25, 0.3) is 0 Å². The average Bonchev–Trinajstić information content (AvgIpc) is 3.67. The highest BCUT2D eigenvalue weighted by atomic mass is 15.2. The molecule has 3 aromatic heterocycles. The van der Waals surface area contributed by atoms with Crippen molar-refractivity contribution in [2.24, 2.45) is 0 Å². The molecule has 5 nitrogen and oxygen atoms in total. The number of imidazole rings is 2. The minimum Gasteiger partial charge on any atom is -0.278 e. The van der Waals surface area contributed by atoms with Crippen molar-refractivity contribution in [3.8, 4) is 50.7 Å². The van der Waals surface area contributed by atoms with Crippen molar-refractivity contribution in [1.29, 1.82) is 0 Å². The van der Waals surface area contributed by atoms with E-state index in [4.69, 9.17) is 15.0 Å². The van der Waals surface area contributed by atoms with Crippen LogP contribution in [0.1, 0.15) is 0 Å². The van der Waals surface area contributed by atoms with Crippen molar-refractivity contribution >= 4 is 27.8 Å². The van der Waals surface area contributed by atoms with Crippen LogP contribution in [-0.4, -0.2) is 23.9 Å². The fourth-order valence-electron chi connectivity index (χ4n) is 6.31. The molecule has 9 rings (SSSR count). The lowest BCUT2D eigenvalue weighted by Crippen LogP contribution is -1.96. The first-order valence-corrected chi connectivity index (χ1v) is 15.4. The molecular weight excluding hydrogens is 562 g/mol. The Morgan fingerprint density at radius 1 is 0.370 bits per heavy atom. The van der Waals surface area contributed by atoms with E-state index in [9.17, 15) is 0 Å². The van der Waals surface area contributed by atoms with Crippen LogP contribution in [0.2, 0.25) is 0 Å². The average molecular weight is 590 g/mol. The van der Waals surface area contributed by atoms with Gasteiger partial charge in [0.05, 0.1) is 33.5 Å². The molecule has 0 spiro atoms. The quantitative estimate of drug-likeness (QED) is 0.201. The van der Waals surface area contributed by atoms with E-state index in [1.165, 1.54) is 0 Å². The molecule has 0 aliphatic heterocycles. The summed E-state index contributed by atoms with van der Waals surface area (Å²) >= 11 is 0. The Morgan fingerprint density at radius 3 is 1.61 bits per heavy atom. The number of rotatable bonds is 5. The van der Waals surface area contributed by atoms with Crippen LogP contribution in [-0.2, 0) is 0 Å². The van der Waals surface area contributed by atoms with Crippen molar-refractivity contribution in [3.63, 3.8) is 0 Å². The maximum atomic E-state index is 5.05. The third kappa shape index (κ3) is 4.37. The Hall–Kier alpha value is -6.33. The van der Waals surface area contributed by atoms with Gasteiger partial charge in [-0.3, -0.25) is 8.97 Å². The number of benzene rings is 6. The van der Waals surface area contributed by atoms with E-state index in [1.807, 2.05) is 48.5 Å². The molecule has 9 aromatic rings. The van der Waals surface area contributed by atoms with Crippen molar-refractivity contribution in [1.82, 2.24) is 23.9 Å². The van der Waals surface area contributed by atoms with Crippen LogP contribution in [0.5, 0.6) is 0 Å². The number of hydrogen-bond acceptors (Lipinski definition) is 3. The molecule has 0 aliphatic rings. The van der Waals surface area contributed by atoms with E-state index in [0.717, 1.165) is 72.7 Å². The molecule has 0 bridgehead atoms. The summed E-state index contributed by atoms with van der Waals surface area (Å²) in [4.78, 5) is 15.1. The van der Waals surface area contributed by atoms with Crippen LogP contribution in [0.3, 0.4) is 0 Å². The van der Waals surface area contributed by atoms with Gasteiger partial charge in [-0.15, -0.1) is 0 Å². The highest BCUT2D eigenvalue weighted by Crippen LogP contribution is 2.33. The maximum absolute atomic E-state index is 5.05. The van der Waals surface area contributed by atoms with E-state index in [2.05, 4.69) is 124 Å². The molecule has 0 amide bonds. The summed E-state index contributed by atoms with van der Waals surface area (Å²) < 4.78 is 4.51. The molecule has 0 unspecified atom stereocenters. The number of nitrogens with zero attached hydrogens (tertiary/aromatic N) is 5. The van der Waals surface area contributed by atoms with Gasteiger partial charge in [-0.2, -0.15) is 0 Å². The van der Waals surface area contributed by atoms with Gasteiger partial charge in [-0.1, -0.05) is 121 Å². The summed E-state index contributed by atoms with van der Waals surface area (Å²) in [5.41, 5.74) is 12.5. The zero-order valence-electron chi connectivity index (χ0n) is 24.8. The zero-order valence-corrected chi connectivity index (χ0v) is 24.8. The second-order valence-electron chi connectivity index (χ2n) is 11.4.